The van der Waals surface area contributed by atoms with Crippen molar-refractivity contribution in [2.45, 2.75) is 31.2 Å². The second kappa shape index (κ2) is 4.98. The molecule has 0 aromatic heterocycles. The van der Waals surface area contributed by atoms with Crippen molar-refractivity contribution in [3.05, 3.63) is 35.9 Å². The number of hydrogen-bond acceptors (Lipinski definition) is 2. The van der Waals surface area contributed by atoms with E-state index < -0.39 is 11.5 Å². The number of carbonyl (C=O) groups excluding carboxylic acids is 1. The maximum atomic E-state index is 11.8. The number of carboxylic acid groups (broad SMARTS) is 1. The van der Waals surface area contributed by atoms with Crippen LogP contribution < -0.4 is 0 Å². The molecule has 0 saturated heterocycles. The summed E-state index contributed by atoms with van der Waals surface area (Å²) in [7, 11) is 0. The van der Waals surface area contributed by atoms with Crippen LogP contribution in [-0.2, 0) is 16.0 Å². The van der Waals surface area contributed by atoms with Gasteiger partial charge in [-0.05, 0) is 24.8 Å². The molecule has 4 nitrogen and oxygen atoms in total. The fraction of sp³-hybridized carbons (Fsp3) is 0.385. The molecule has 1 amide bonds. The average Bonchev–Trinajstić information content (AvgIpc) is 3.17. The van der Waals surface area contributed by atoms with Crippen LogP contribution in [-0.4, -0.2) is 26.9 Å². The smallest absolute Gasteiger partial charge is 0.331 e. The van der Waals surface area contributed by atoms with Gasteiger partial charge in [0.25, 0.3) is 0 Å². The van der Waals surface area contributed by atoms with Crippen molar-refractivity contribution >= 4 is 23.7 Å². The zero-order valence-electron chi connectivity index (χ0n) is 9.80. The van der Waals surface area contributed by atoms with Crippen LogP contribution in [0.1, 0.15) is 24.8 Å². The van der Waals surface area contributed by atoms with Crippen LogP contribution in [0, 0.1) is 0 Å². The summed E-state index contributed by atoms with van der Waals surface area (Å²) < 4.78 is 0.873. The molecular weight excluding hydrogens is 254 g/mol. The van der Waals surface area contributed by atoms with Crippen LogP contribution in [0.2, 0.25) is 0 Å². The van der Waals surface area contributed by atoms with E-state index in [1.807, 2.05) is 30.3 Å². The molecule has 0 bridgehead atoms. The van der Waals surface area contributed by atoms with Crippen LogP contribution in [0.15, 0.2) is 30.3 Å². The molecular formula is C13H14ClNO3. The van der Waals surface area contributed by atoms with E-state index in [1.54, 1.807) is 0 Å². The molecule has 0 heterocycles. The second-order valence-corrected chi connectivity index (χ2v) is 4.83. The van der Waals surface area contributed by atoms with Crippen LogP contribution in [0.3, 0.4) is 0 Å². The third-order valence-electron chi connectivity index (χ3n) is 3.19. The van der Waals surface area contributed by atoms with E-state index in [0.717, 1.165) is 9.98 Å². The fourth-order valence-electron chi connectivity index (χ4n) is 1.85. The highest BCUT2D eigenvalue weighted by Gasteiger charge is 2.57. The fourth-order valence-corrected chi connectivity index (χ4v) is 2.17. The number of aliphatic carboxylic acids is 1. The molecule has 5 heteroatoms. The molecule has 1 aliphatic carbocycles. The number of amides is 1. The summed E-state index contributed by atoms with van der Waals surface area (Å²) in [5.41, 5.74) is -0.119. The minimum atomic E-state index is -1.16. The molecule has 1 fully saturated rings. The van der Waals surface area contributed by atoms with E-state index in [2.05, 4.69) is 0 Å². The molecule has 1 aliphatic rings. The monoisotopic (exact) mass is 267 g/mol. The van der Waals surface area contributed by atoms with Crippen molar-refractivity contribution in [2.24, 2.45) is 0 Å². The maximum absolute atomic E-state index is 11.8. The van der Waals surface area contributed by atoms with Crippen LogP contribution in [0.25, 0.3) is 0 Å². The molecule has 1 aromatic carbocycles. The van der Waals surface area contributed by atoms with Crippen molar-refractivity contribution in [2.75, 3.05) is 0 Å². The van der Waals surface area contributed by atoms with E-state index in [0.29, 0.717) is 19.3 Å². The van der Waals surface area contributed by atoms with Gasteiger partial charge in [0.2, 0.25) is 5.91 Å². The molecule has 0 atom stereocenters. The van der Waals surface area contributed by atoms with Crippen LogP contribution in [0.5, 0.6) is 0 Å². The summed E-state index contributed by atoms with van der Waals surface area (Å²) in [5.74, 6) is -1.36. The van der Waals surface area contributed by atoms with Gasteiger partial charge in [-0.1, -0.05) is 30.3 Å². The molecule has 0 unspecified atom stereocenters. The second-order valence-electron chi connectivity index (χ2n) is 4.50. The van der Waals surface area contributed by atoms with E-state index in [1.165, 1.54) is 0 Å². The average molecular weight is 268 g/mol. The zero-order valence-corrected chi connectivity index (χ0v) is 10.6. The summed E-state index contributed by atoms with van der Waals surface area (Å²) in [4.78, 5) is 22.9. The largest absolute Gasteiger partial charge is 0.479 e. The van der Waals surface area contributed by atoms with Crippen LogP contribution >= 0.6 is 11.8 Å². The van der Waals surface area contributed by atoms with E-state index in [-0.39, 0.29) is 12.3 Å². The normalized spacial score (nSPS) is 16.1. The molecule has 0 spiro atoms. The Morgan fingerprint density at radius 1 is 1.28 bits per heavy atom. The molecule has 1 N–H and O–H groups in total. The van der Waals surface area contributed by atoms with Crippen molar-refractivity contribution < 1.29 is 14.7 Å². The lowest BCUT2D eigenvalue weighted by Gasteiger charge is -2.20. The lowest BCUT2D eigenvalue weighted by atomic mass is 10.1. The van der Waals surface area contributed by atoms with Crippen molar-refractivity contribution in [3.63, 3.8) is 0 Å². The predicted molar refractivity (Wildman–Crippen MR) is 67.1 cm³/mol. The van der Waals surface area contributed by atoms with Gasteiger partial charge in [-0.2, -0.15) is 0 Å². The highest BCUT2D eigenvalue weighted by molar-refractivity contribution is 6.23. The van der Waals surface area contributed by atoms with Crippen molar-refractivity contribution in [1.29, 1.82) is 0 Å². The number of carbonyl (C=O) groups is 2. The molecule has 1 aromatic rings. The van der Waals surface area contributed by atoms with Gasteiger partial charge in [0.15, 0.2) is 5.54 Å². The Balaban J connectivity index is 1.91. The number of nitrogens with zero attached hydrogens (tertiary/aromatic N) is 1. The van der Waals surface area contributed by atoms with Gasteiger partial charge >= 0.3 is 5.97 Å². The molecule has 0 aliphatic heterocycles. The van der Waals surface area contributed by atoms with E-state index in [4.69, 9.17) is 16.9 Å². The number of halogens is 1. The summed E-state index contributed by atoms with van der Waals surface area (Å²) >= 11 is 5.85. The van der Waals surface area contributed by atoms with Crippen LogP contribution in [0.4, 0.5) is 0 Å². The Bertz CT molecular complexity index is 457. The first kappa shape index (κ1) is 12.9. The highest BCUT2D eigenvalue weighted by atomic mass is 35.5. The Hall–Kier alpha value is -1.55. The minimum absolute atomic E-state index is 0.225. The Kier molecular flexibility index (Phi) is 3.57. The predicted octanol–water partition coefficient (Wildman–Crippen LogP) is 2.22. The first-order valence-electron chi connectivity index (χ1n) is 5.82. The SMILES string of the molecule is O=C(CCc1ccccc1)N(Cl)C1(C(=O)O)CC1. The first-order chi connectivity index (χ1) is 8.56. The van der Waals surface area contributed by atoms with E-state index >= 15 is 0 Å². The molecule has 18 heavy (non-hydrogen) atoms. The summed E-state index contributed by atoms with van der Waals surface area (Å²) in [6, 6.07) is 9.56. The standard InChI is InChI=1S/C13H14ClNO3/c14-15(13(8-9-13)12(17)18)11(16)7-6-10-4-2-1-3-5-10/h1-5H,6-9H2,(H,17,18). The third-order valence-corrected chi connectivity index (χ3v) is 3.70. The van der Waals surface area contributed by atoms with E-state index in [9.17, 15) is 9.59 Å². The molecule has 1 saturated carbocycles. The Morgan fingerprint density at radius 3 is 2.39 bits per heavy atom. The van der Waals surface area contributed by atoms with Gasteiger partial charge < -0.3 is 5.11 Å². The van der Waals surface area contributed by atoms with Gasteiger partial charge in [-0.3, -0.25) is 4.79 Å². The van der Waals surface area contributed by atoms with Gasteiger partial charge in [0, 0.05) is 18.2 Å². The number of carboxylic acids is 1. The Morgan fingerprint density at radius 2 is 1.89 bits per heavy atom. The first-order valence-corrected chi connectivity index (χ1v) is 6.16. The Labute approximate surface area is 110 Å². The summed E-state index contributed by atoms with van der Waals surface area (Å²) in [5, 5.41) is 9.03. The molecule has 0 radical (unpaired) electrons. The number of aryl methyl sites for hydroxylation is 1. The van der Waals surface area contributed by atoms with Crippen molar-refractivity contribution in [1.82, 2.24) is 4.42 Å². The van der Waals surface area contributed by atoms with Gasteiger partial charge in [0.1, 0.15) is 0 Å². The quantitative estimate of drug-likeness (QED) is 0.832. The highest BCUT2D eigenvalue weighted by Crippen LogP contribution is 2.43. The molecule has 2 rings (SSSR count). The maximum Gasteiger partial charge on any atom is 0.331 e. The molecule has 96 valence electrons. The summed E-state index contributed by atoms with van der Waals surface area (Å²) in [6.07, 6.45) is 1.66. The van der Waals surface area contributed by atoms with Gasteiger partial charge in [-0.25, -0.2) is 9.21 Å². The summed E-state index contributed by atoms with van der Waals surface area (Å²) in [6.45, 7) is 0. The number of hydrogen-bond donors (Lipinski definition) is 1. The minimum Gasteiger partial charge on any atom is -0.479 e. The lowest BCUT2D eigenvalue weighted by Crippen LogP contribution is -2.41. The number of benzene rings is 1. The third kappa shape index (κ3) is 2.48. The lowest BCUT2D eigenvalue weighted by molar-refractivity contribution is -0.147. The number of rotatable bonds is 5. The van der Waals surface area contributed by atoms with Gasteiger partial charge in [-0.15, -0.1) is 0 Å². The zero-order chi connectivity index (χ0) is 13.2. The van der Waals surface area contributed by atoms with Crippen molar-refractivity contribution in [3.8, 4) is 0 Å². The van der Waals surface area contributed by atoms with Gasteiger partial charge in [0.05, 0.1) is 0 Å². The topological polar surface area (TPSA) is 57.6 Å².